The number of allylic oxidation sites excluding steroid dienone is 2. The molecule has 1 heterocycles. The van der Waals surface area contributed by atoms with Crippen molar-refractivity contribution in [3.8, 4) is 0 Å². The number of nitrogens with one attached hydrogen (secondary N) is 1. The molecule has 6 nitrogen and oxygen atoms in total. The van der Waals surface area contributed by atoms with Crippen LogP contribution in [0.2, 0.25) is 0 Å². The highest BCUT2D eigenvalue weighted by atomic mass is 16.6. The summed E-state index contributed by atoms with van der Waals surface area (Å²) < 4.78 is 0. The van der Waals surface area contributed by atoms with Crippen molar-refractivity contribution in [2.45, 2.75) is 19.5 Å². The Kier molecular flexibility index (Phi) is 4.94. The Hall–Kier alpha value is -2.34. The van der Waals surface area contributed by atoms with Crippen LogP contribution in [0.3, 0.4) is 0 Å². The zero-order valence-corrected chi connectivity index (χ0v) is 11.9. The van der Waals surface area contributed by atoms with Crippen molar-refractivity contribution >= 4 is 0 Å². The van der Waals surface area contributed by atoms with Gasteiger partial charge in [0.2, 0.25) is 0 Å². The lowest BCUT2D eigenvalue weighted by molar-refractivity contribution is -0.403. The van der Waals surface area contributed by atoms with Gasteiger partial charge in [0.05, 0.1) is 11.5 Å². The standard InChI is InChI=1S/C15H19N3O3/c1-12-9-14(11-18(20)21)16-15(17(12)7-8-19)10-13-5-3-2-4-6-13/h2-6,9,11,15-16,19H,7-8,10H2,1H3/b14-11-. The minimum atomic E-state index is -0.465. The summed E-state index contributed by atoms with van der Waals surface area (Å²) in [5, 5.41) is 23.0. The van der Waals surface area contributed by atoms with Gasteiger partial charge in [-0.2, -0.15) is 0 Å². The number of hydrogen-bond donors (Lipinski definition) is 2. The molecular weight excluding hydrogens is 270 g/mol. The Morgan fingerprint density at radius 3 is 2.76 bits per heavy atom. The van der Waals surface area contributed by atoms with Crippen molar-refractivity contribution in [3.05, 3.63) is 69.7 Å². The predicted molar refractivity (Wildman–Crippen MR) is 79.7 cm³/mol. The molecule has 1 aliphatic rings. The van der Waals surface area contributed by atoms with E-state index >= 15 is 0 Å². The van der Waals surface area contributed by atoms with Gasteiger partial charge in [-0.15, -0.1) is 0 Å². The Labute approximate surface area is 123 Å². The minimum Gasteiger partial charge on any atom is -0.395 e. The molecule has 1 atom stereocenters. The summed E-state index contributed by atoms with van der Waals surface area (Å²) in [7, 11) is 0. The summed E-state index contributed by atoms with van der Waals surface area (Å²) >= 11 is 0. The molecule has 1 aliphatic heterocycles. The van der Waals surface area contributed by atoms with Gasteiger partial charge in [0, 0.05) is 18.7 Å². The van der Waals surface area contributed by atoms with Gasteiger partial charge in [0.15, 0.2) is 0 Å². The number of hydrogen-bond acceptors (Lipinski definition) is 5. The molecule has 1 aromatic carbocycles. The van der Waals surface area contributed by atoms with Gasteiger partial charge in [-0.3, -0.25) is 10.1 Å². The largest absolute Gasteiger partial charge is 0.395 e. The molecule has 0 radical (unpaired) electrons. The summed E-state index contributed by atoms with van der Waals surface area (Å²) in [4.78, 5) is 12.2. The van der Waals surface area contributed by atoms with Crippen LogP contribution in [-0.4, -0.2) is 34.2 Å². The Balaban J connectivity index is 2.23. The van der Waals surface area contributed by atoms with Gasteiger partial charge in [-0.05, 0) is 18.6 Å². The van der Waals surface area contributed by atoms with Crippen LogP contribution in [0.25, 0.3) is 0 Å². The average Bonchev–Trinajstić information content (AvgIpc) is 2.43. The molecule has 0 fully saturated rings. The van der Waals surface area contributed by atoms with E-state index in [1.54, 1.807) is 6.08 Å². The monoisotopic (exact) mass is 289 g/mol. The summed E-state index contributed by atoms with van der Waals surface area (Å²) in [6.45, 7) is 2.41. The Bertz CT molecular complexity index is 555. The van der Waals surface area contributed by atoms with Crippen LogP contribution in [0.15, 0.2) is 54.0 Å². The van der Waals surface area contributed by atoms with Crippen LogP contribution in [0.4, 0.5) is 0 Å². The highest BCUT2D eigenvalue weighted by Gasteiger charge is 2.24. The molecular formula is C15H19N3O3. The van der Waals surface area contributed by atoms with E-state index in [0.717, 1.165) is 17.5 Å². The number of rotatable bonds is 5. The first kappa shape index (κ1) is 15.1. The van der Waals surface area contributed by atoms with E-state index in [0.29, 0.717) is 18.7 Å². The highest BCUT2D eigenvalue weighted by molar-refractivity contribution is 5.26. The number of β-amino-alcohol motifs (C(OH)–C–C–N with tert-alkyl or cyclic N) is 1. The van der Waals surface area contributed by atoms with E-state index in [1.807, 2.05) is 42.2 Å². The van der Waals surface area contributed by atoms with Gasteiger partial charge in [0.25, 0.3) is 6.20 Å². The fraction of sp³-hybridized carbons (Fsp3) is 0.333. The third-order valence-corrected chi connectivity index (χ3v) is 3.38. The van der Waals surface area contributed by atoms with Crippen molar-refractivity contribution < 1.29 is 10.0 Å². The van der Waals surface area contributed by atoms with Gasteiger partial charge < -0.3 is 15.3 Å². The second-order valence-electron chi connectivity index (χ2n) is 4.92. The Morgan fingerprint density at radius 2 is 2.14 bits per heavy atom. The summed E-state index contributed by atoms with van der Waals surface area (Å²) in [5.74, 6) is 0. The topological polar surface area (TPSA) is 78.6 Å². The van der Waals surface area contributed by atoms with Crippen molar-refractivity contribution in [3.63, 3.8) is 0 Å². The van der Waals surface area contributed by atoms with Gasteiger partial charge in [-0.1, -0.05) is 30.3 Å². The maximum atomic E-state index is 10.7. The lowest BCUT2D eigenvalue weighted by atomic mass is 10.1. The summed E-state index contributed by atoms with van der Waals surface area (Å²) in [6, 6.07) is 9.91. The van der Waals surface area contributed by atoms with E-state index in [9.17, 15) is 15.2 Å². The SMILES string of the molecule is CC1=C/C(=C/[N+](=O)[O-])NC(Cc2ccccc2)N1CCO. The molecule has 2 N–H and O–H groups in total. The van der Waals surface area contributed by atoms with E-state index in [4.69, 9.17) is 0 Å². The first-order chi connectivity index (χ1) is 10.1. The molecule has 0 saturated carbocycles. The Morgan fingerprint density at radius 1 is 1.43 bits per heavy atom. The van der Waals surface area contributed by atoms with Crippen molar-refractivity contribution in [2.75, 3.05) is 13.2 Å². The molecule has 1 unspecified atom stereocenters. The van der Waals surface area contributed by atoms with Gasteiger partial charge >= 0.3 is 0 Å². The maximum absolute atomic E-state index is 10.7. The highest BCUT2D eigenvalue weighted by Crippen LogP contribution is 2.19. The number of nitrogens with zero attached hydrogens (tertiary/aromatic N) is 2. The molecule has 0 aromatic heterocycles. The molecule has 0 bridgehead atoms. The molecule has 0 saturated heterocycles. The van der Waals surface area contributed by atoms with Crippen LogP contribution in [0.1, 0.15) is 12.5 Å². The number of benzene rings is 1. The minimum absolute atomic E-state index is 0.0342. The lowest BCUT2D eigenvalue weighted by Crippen LogP contribution is -2.49. The summed E-state index contributed by atoms with van der Waals surface area (Å²) in [6.07, 6.45) is 3.27. The van der Waals surface area contributed by atoms with Crippen LogP contribution < -0.4 is 5.32 Å². The second kappa shape index (κ2) is 6.90. The third-order valence-electron chi connectivity index (χ3n) is 3.38. The van der Waals surface area contributed by atoms with Crippen LogP contribution in [0, 0.1) is 10.1 Å². The molecule has 6 heteroatoms. The fourth-order valence-corrected chi connectivity index (χ4v) is 2.49. The number of nitro groups is 1. The average molecular weight is 289 g/mol. The van der Waals surface area contributed by atoms with E-state index in [1.165, 1.54) is 0 Å². The summed E-state index contributed by atoms with van der Waals surface area (Å²) in [5.41, 5.74) is 2.51. The van der Waals surface area contributed by atoms with Crippen LogP contribution in [-0.2, 0) is 6.42 Å². The number of aliphatic hydroxyl groups excluding tert-OH is 1. The van der Waals surface area contributed by atoms with E-state index < -0.39 is 4.92 Å². The van der Waals surface area contributed by atoms with Crippen molar-refractivity contribution in [1.29, 1.82) is 0 Å². The molecule has 1 aromatic rings. The zero-order valence-electron chi connectivity index (χ0n) is 11.9. The molecule has 0 amide bonds. The zero-order chi connectivity index (χ0) is 15.2. The van der Waals surface area contributed by atoms with Gasteiger partial charge in [-0.25, -0.2) is 0 Å². The normalized spacial score (nSPS) is 20.1. The van der Waals surface area contributed by atoms with Crippen molar-refractivity contribution in [2.24, 2.45) is 0 Å². The van der Waals surface area contributed by atoms with Crippen LogP contribution in [0.5, 0.6) is 0 Å². The third kappa shape index (κ3) is 4.06. The van der Waals surface area contributed by atoms with Crippen molar-refractivity contribution in [1.82, 2.24) is 10.2 Å². The fourth-order valence-electron chi connectivity index (χ4n) is 2.49. The van der Waals surface area contributed by atoms with E-state index in [2.05, 4.69) is 5.32 Å². The first-order valence-electron chi connectivity index (χ1n) is 6.81. The lowest BCUT2D eigenvalue weighted by Gasteiger charge is -2.38. The smallest absolute Gasteiger partial charge is 0.257 e. The molecule has 0 aliphatic carbocycles. The molecule has 2 rings (SSSR count). The molecule has 21 heavy (non-hydrogen) atoms. The maximum Gasteiger partial charge on any atom is 0.257 e. The quantitative estimate of drug-likeness (QED) is 0.634. The number of aliphatic hydroxyl groups is 1. The first-order valence-corrected chi connectivity index (χ1v) is 6.81. The van der Waals surface area contributed by atoms with E-state index in [-0.39, 0.29) is 12.8 Å². The van der Waals surface area contributed by atoms with Gasteiger partial charge in [0.1, 0.15) is 11.9 Å². The predicted octanol–water partition coefficient (Wildman–Crippen LogP) is 1.47. The molecule has 0 spiro atoms. The second-order valence-corrected chi connectivity index (χ2v) is 4.92. The molecule has 112 valence electrons. The van der Waals surface area contributed by atoms with Crippen LogP contribution >= 0.6 is 0 Å².